The van der Waals surface area contributed by atoms with E-state index in [-0.39, 0.29) is 16.8 Å². The van der Waals surface area contributed by atoms with Gasteiger partial charge < -0.3 is 15.4 Å². The van der Waals surface area contributed by atoms with Gasteiger partial charge in [0.25, 0.3) is 0 Å². The van der Waals surface area contributed by atoms with Gasteiger partial charge in [-0.15, -0.1) is 0 Å². The van der Waals surface area contributed by atoms with Crippen LogP contribution < -0.4 is 10.6 Å². The number of amides is 1. The molecule has 0 bridgehead atoms. The maximum absolute atomic E-state index is 11.7. The fourth-order valence-corrected chi connectivity index (χ4v) is 2.28. The van der Waals surface area contributed by atoms with E-state index in [1.165, 1.54) is 6.26 Å². The highest BCUT2D eigenvalue weighted by Gasteiger charge is 2.11. The molecule has 0 aliphatic carbocycles. The second kappa shape index (κ2) is 8.11. The molecule has 6 nitrogen and oxygen atoms in total. The molecule has 0 aliphatic rings. The van der Waals surface area contributed by atoms with Crippen molar-refractivity contribution in [3.63, 3.8) is 0 Å². The van der Waals surface area contributed by atoms with E-state index < -0.39 is 9.84 Å². The van der Waals surface area contributed by atoms with Crippen molar-refractivity contribution in [2.45, 2.75) is 24.4 Å². The predicted octanol–water partition coefficient (Wildman–Crippen LogP) is 0.331. The van der Waals surface area contributed by atoms with Gasteiger partial charge in [0, 0.05) is 26.5 Å². The third-order valence-electron chi connectivity index (χ3n) is 2.96. The lowest BCUT2D eigenvalue weighted by Gasteiger charge is -2.14. The Balaban J connectivity index is 2.46. The molecular weight excluding hydrogens is 292 g/mol. The van der Waals surface area contributed by atoms with E-state index in [1.807, 2.05) is 0 Å². The highest BCUT2D eigenvalue weighted by atomic mass is 32.2. The van der Waals surface area contributed by atoms with Crippen LogP contribution in [0.2, 0.25) is 0 Å². The first-order chi connectivity index (χ1) is 9.84. The molecule has 0 aliphatic heterocycles. The molecule has 0 spiro atoms. The number of carbonyl (C=O) groups is 1. The molecule has 1 rings (SSSR count). The first kappa shape index (κ1) is 17.6. The van der Waals surface area contributed by atoms with Crippen LogP contribution in [-0.2, 0) is 25.9 Å². The van der Waals surface area contributed by atoms with Crippen LogP contribution in [0, 0.1) is 0 Å². The number of benzene rings is 1. The second-order valence-corrected chi connectivity index (χ2v) is 6.82. The molecule has 118 valence electrons. The highest BCUT2D eigenvalue weighted by Crippen LogP contribution is 2.10. The highest BCUT2D eigenvalue weighted by molar-refractivity contribution is 7.90. The largest absolute Gasteiger partial charge is 0.383 e. The van der Waals surface area contributed by atoms with Crippen LogP contribution in [0.4, 0.5) is 0 Å². The number of hydrogen-bond donors (Lipinski definition) is 2. The fourth-order valence-electron chi connectivity index (χ4n) is 1.65. The van der Waals surface area contributed by atoms with Gasteiger partial charge in [-0.2, -0.15) is 0 Å². The first-order valence-corrected chi connectivity index (χ1v) is 8.52. The van der Waals surface area contributed by atoms with Crippen molar-refractivity contribution in [2.24, 2.45) is 0 Å². The molecule has 1 aromatic rings. The average Bonchev–Trinajstić information content (AvgIpc) is 2.44. The van der Waals surface area contributed by atoms with Gasteiger partial charge in [0.05, 0.1) is 17.5 Å². The Kier molecular flexibility index (Phi) is 6.80. The smallest absolute Gasteiger partial charge is 0.236 e. The molecule has 0 aromatic heterocycles. The summed E-state index contributed by atoms with van der Waals surface area (Å²) in [6.45, 7) is 3.21. The number of methoxy groups -OCH3 is 1. The van der Waals surface area contributed by atoms with Gasteiger partial charge in [0.2, 0.25) is 5.91 Å². The average molecular weight is 314 g/mol. The van der Waals surface area contributed by atoms with Crippen molar-refractivity contribution in [2.75, 3.05) is 26.5 Å². The summed E-state index contributed by atoms with van der Waals surface area (Å²) in [5.41, 5.74) is 0.916. The molecule has 21 heavy (non-hydrogen) atoms. The third-order valence-corrected chi connectivity index (χ3v) is 4.09. The first-order valence-electron chi connectivity index (χ1n) is 6.63. The van der Waals surface area contributed by atoms with E-state index in [0.717, 1.165) is 5.56 Å². The van der Waals surface area contributed by atoms with Crippen LogP contribution in [0.5, 0.6) is 0 Å². The zero-order valence-electron chi connectivity index (χ0n) is 12.5. The standard InChI is InChI=1S/C14H22N2O4S/c1-11(14(17)15-8-9-20-2)16-10-12-4-6-13(7-5-12)21(3,18)19/h4-7,11,16H,8-10H2,1-3H3,(H,15,17). The number of ether oxygens (including phenoxy) is 1. The molecule has 1 aromatic carbocycles. The normalized spacial score (nSPS) is 12.9. The maximum Gasteiger partial charge on any atom is 0.236 e. The number of nitrogens with one attached hydrogen (secondary N) is 2. The lowest BCUT2D eigenvalue weighted by molar-refractivity contribution is -0.122. The molecule has 0 radical (unpaired) electrons. The summed E-state index contributed by atoms with van der Waals surface area (Å²) in [5.74, 6) is -0.0974. The SMILES string of the molecule is COCCNC(=O)C(C)NCc1ccc(S(C)(=O)=O)cc1. The lowest BCUT2D eigenvalue weighted by atomic mass is 10.2. The molecular formula is C14H22N2O4S. The maximum atomic E-state index is 11.7. The summed E-state index contributed by atoms with van der Waals surface area (Å²) in [6, 6.07) is 6.26. The third kappa shape index (κ3) is 6.24. The van der Waals surface area contributed by atoms with Gasteiger partial charge in [-0.25, -0.2) is 8.42 Å². The molecule has 2 N–H and O–H groups in total. The van der Waals surface area contributed by atoms with Crippen LogP contribution in [0.15, 0.2) is 29.2 Å². The summed E-state index contributed by atoms with van der Waals surface area (Å²) in [7, 11) is -1.60. The summed E-state index contributed by atoms with van der Waals surface area (Å²) >= 11 is 0. The van der Waals surface area contributed by atoms with E-state index >= 15 is 0 Å². The minimum Gasteiger partial charge on any atom is -0.383 e. The summed E-state index contributed by atoms with van der Waals surface area (Å²) in [4.78, 5) is 12.0. The van der Waals surface area contributed by atoms with Crippen molar-refractivity contribution in [3.8, 4) is 0 Å². The number of hydrogen-bond acceptors (Lipinski definition) is 5. The Morgan fingerprint density at radius 1 is 1.29 bits per heavy atom. The van der Waals surface area contributed by atoms with Crippen molar-refractivity contribution < 1.29 is 17.9 Å². The minimum absolute atomic E-state index is 0.0974. The minimum atomic E-state index is -3.17. The number of rotatable bonds is 8. The summed E-state index contributed by atoms with van der Waals surface area (Å²) in [5, 5.41) is 5.82. The second-order valence-electron chi connectivity index (χ2n) is 4.80. The predicted molar refractivity (Wildman–Crippen MR) is 80.7 cm³/mol. The van der Waals surface area contributed by atoms with Crippen molar-refractivity contribution >= 4 is 15.7 Å². The van der Waals surface area contributed by atoms with E-state index in [9.17, 15) is 13.2 Å². The Morgan fingerprint density at radius 2 is 1.90 bits per heavy atom. The van der Waals surface area contributed by atoms with Gasteiger partial charge >= 0.3 is 0 Å². The van der Waals surface area contributed by atoms with E-state index in [1.54, 1.807) is 38.3 Å². The van der Waals surface area contributed by atoms with Crippen LogP contribution in [0.1, 0.15) is 12.5 Å². The lowest BCUT2D eigenvalue weighted by Crippen LogP contribution is -2.42. The topological polar surface area (TPSA) is 84.5 Å². The number of sulfone groups is 1. The molecule has 7 heteroatoms. The quantitative estimate of drug-likeness (QED) is 0.676. The summed E-state index contributed by atoms with van der Waals surface area (Å²) in [6.07, 6.45) is 1.17. The Bertz CT molecular complexity index is 555. The Labute approximate surface area is 125 Å². The fraction of sp³-hybridized carbons (Fsp3) is 0.500. The van der Waals surface area contributed by atoms with E-state index in [2.05, 4.69) is 10.6 Å². The van der Waals surface area contributed by atoms with Crippen molar-refractivity contribution in [1.82, 2.24) is 10.6 Å². The van der Waals surface area contributed by atoms with Crippen LogP contribution in [-0.4, -0.2) is 46.9 Å². The van der Waals surface area contributed by atoms with Gasteiger partial charge in [0.15, 0.2) is 9.84 Å². The molecule has 1 atom stereocenters. The number of carbonyl (C=O) groups excluding carboxylic acids is 1. The van der Waals surface area contributed by atoms with Crippen LogP contribution in [0.25, 0.3) is 0 Å². The molecule has 0 saturated carbocycles. The van der Waals surface area contributed by atoms with Crippen molar-refractivity contribution in [3.05, 3.63) is 29.8 Å². The molecule has 0 fully saturated rings. The Morgan fingerprint density at radius 3 is 2.43 bits per heavy atom. The van der Waals surface area contributed by atoms with Gasteiger partial charge in [0.1, 0.15) is 0 Å². The zero-order valence-corrected chi connectivity index (χ0v) is 13.4. The molecule has 1 amide bonds. The van der Waals surface area contributed by atoms with Gasteiger partial charge in [-0.3, -0.25) is 4.79 Å². The Hall–Kier alpha value is -1.44. The summed E-state index contributed by atoms with van der Waals surface area (Å²) < 4.78 is 27.5. The van der Waals surface area contributed by atoms with E-state index in [4.69, 9.17) is 4.74 Å². The van der Waals surface area contributed by atoms with Crippen LogP contribution in [0.3, 0.4) is 0 Å². The molecule has 1 unspecified atom stereocenters. The zero-order chi connectivity index (χ0) is 15.9. The monoisotopic (exact) mass is 314 g/mol. The van der Waals surface area contributed by atoms with Gasteiger partial charge in [-0.1, -0.05) is 12.1 Å². The molecule has 0 saturated heterocycles. The van der Waals surface area contributed by atoms with Gasteiger partial charge in [-0.05, 0) is 24.6 Å². The van der Waals surface area contributed by atoms with E-state index in [0.29, 0.717) is 19.7 Å². The van der Waals surface area contributed by atoms with Crippen molar-refractivity contribution in [1.29, 1.82) is 0 Å². The van der Waals surface area contributed by atoms with Crippen LogP contribution >= 0.6 is 0 Å². The molecule has 0 heterocycles.